The molecule has 170 valence electrons. The van der Waals surface area contributed by atoms with Crippen LogP contribution in [0.2, 0.25) is 0 Å². The first-order chi connectivity index (χ1) is 15.3. The molecule has 1 fully saturated rings. The molecular formula is C23H26N2O7. The number of benzene rings is 1. The fourth-order valence-electron chi connectivity index (χ4n) is 4.15. The summed E-state index contributed by atoms with van der Waals surface area (Å²) in [6.45, 7) is 4.73. The van der Waals surface area contributed by atoms with Gasteiger partial charge in [-0.05, 0) is 51.3 Å². The number of rotatable bonds is 6. The molecule has 9 nitrogen and oxygen atoms in total. The quantitative estimate of drug-likeness (QED) is 0.656. The average molecular weight is 442 g/mol. The van der Waals surface area contributed by atoms with Gasteiger partial charge in [-0.1, -0.05) is 0 Å². The van der Waals surface area contributed by atoms with Crippen molar-refractivity contribution < 1.29 is 33.3 Å². The van der Waals surface area contributed by atoms with Gasteiger partial charge in [0.15, 0.2) is 18.1 Å². The standard InChI is InChI=1S/C23H26N2O7/c1-4-29-21(27)19-13(2)20(24-14(19)3)22(28)30-12-18(26)25-15-7-8-16-17(11-15)32-23(31-16)9-5-6-10-23/h7-8,11,24H,4-6,9-10,12H2,1-3H3,(H,25,26). The molecule has 2 N–H and O–H groups in total. The van der Waals surface area contributed by atoms with Crippen LogP contribution in [0.25, 0.3) is 0 Å². The van der Waals surface area contributed by atoms with Crippen molar-refractivity contribution in [2.45, 2.75) is 52.2 Å². The van der Waals surface area contributed by atoms with Crippen molar-refractivity contribution in [2.24, 2.45) is 0 Å². The maximum atomic E-state index is 12.4. The largest absolute Gasteiger partial charge is 0.462 e. The molecule has 1 saturated carbocycles. The first kappa shape index (κ1) is 21.7. The Kier molecular flexibility index (Phi) is 5.82. The third-order valence-corrected chi connectivity index (χ3v) is 5.64. The summed E-state index contributed by atoms with van der Waals surface area (Å²) >= 11 is 0. The first-order valence-corrected chi connectivity index (χ1v) is 10.7. The molecule has 0 saturated heterocycles. The lowest BCUT2D eigenvalue weighted by Gasteiger charge is -2.21. The van der Waals surface area contributed by atoms with Gasteiger partial charge in [-0.25, -0.2) is 9.59 Å². The predicted molar refractivity (Wildman–Crippen MR) is 114 cm³/mol. The molecule has 1 aliphatic heterocycles. The van der Waals surface area contributed by atoms with Gasteiger partial charge in [-0.15, -0.1) is 0 Å². The lowest BCUT2D eigenvalue weighted by atomic mass is 10.1. The summed E-state index contributed by atoms with van der Waals surface area (Å²) in [6, 6.07) is 5.16. The summed E-state index contributed by atoms with van der Waals surface area (Å²) in [6.07, 6.45) is 3.80. The highest BCUT2D eigenvalue weighted by atomic mass is 16.7. The van der Waals surface area contributed by atoms with Crippen LogP contribution in [0.1, 0.15) is 64.7 Å². The molecule has 0 atom stereocenters. The predicted octanol–water partition coefficient (Wildman–Crippen LogP) is 3.65. The van der Waals surface area contributed by atoms with Crippen molar-refractivity contribution in [3.05, 3.63) is 40.7 Å². The monoisotopic (exact) mass is 442 g/mol. The Morgan fingerprint density at radius 3 is 2.50 bits per heavy atom. The minimum absolute atomic E-state index is 0.114. The number of nitrogens with one attached hydrogen (secondary N) is 2. The van der Waals surface area contributed by atoms with E-state index >= 15 is 0 Å². The van der Waals surface area contributed by atoms with Crippen LogP contribution < -0.4 is 14.8 Å². The Morgan fingerprint density at radius 1 is 1.06 bits per heavy atom. The van der Waals surface area contributed by atoms with Crippen molar-refractivity contribution >= 4 is 23.5 Å². The second kappa shape index (κ2) is 8.57. The maximum absolute atomic E-state index is 12.4. The van der Waals surface area contributed by atoms with E-state index < -0.39 is 30.2 Å². The molecule has 9 heteroatoms. The van der Waals surface area contributed by atoms with E-state index in [1.807, 2.05) is 0 Å². The Hall–Kier alpha value is -3.49. The van der Waals surface area contributed by atoms with Crippen LogP contribution in [0, 0.1) is 13.8 Å². The molecule has 0 bridgehead atoms. The van der Waals surface area contributed by atoms with Crippen LogP contribution in [0.15, 0.2) is 18.2 Å². The second-order valence-electron chi connectivity index (χ2n) is 7.95. The van der Waals surface area contributed by atoms with Gasteiger partial charge >= 0.3 is 11.9 Å². The van der Waals surface area contributed by atoms with Crippen molar-refractivity contribution in [3.63, 3.8) is 0 Å². The van der Waals surface area contributed by atoms with Gasteiger partial charge in [0.2, 0.25) is 0 Å². The van der Waals surface area contributed by atoms with Gasteiger partial charge in [0, 0.05) is 30.3 Å². The number of fused-ring (bicyclic) bond motifs is 1. The number of carbonyl (C=O) groups excluding carboxylic acids is 3. The van der Waals surface area contributed by atoms with Gasteiger partial charge in [0.25, 0.3) is 11.7 Å². The molecule has 1 aromatic carbocycles. The zero-order chi connectivity index (χ0) is 22.9. The summed E-state index contributed by atoms with van der Waals surface area (Å²) in [5.41, 5.74) is 1.84. The molecule has 32 heavy (non-hydrogen) atoms. The molecule has 1 aromatic heterocycles. The van der Waals surface area contributed by atoms with Gasteiger partial charge < -0.3 is 29.2 Å². The third kappa shape index (κ3) is 4.15. The van der Waals surface area contributed by atoms with E-state index in [2.05, 4.69) is 10.3 Å². The maximum Gasteiger partial charge on any atom is 0.355 e. The van der Waals surface area contributed by atoms with E-state index in [0.29, 0.717) is 34.0 Å². The fourth-order valence-corrected chi connectivity index (χ4v) is 4.15. The van der Waals surface area contributed by atoms with E-state index in [1.54, 1.807) is 39.0 Å². The number of aryl methyl sites for hydroxylation is 1. The number of aromatic nitrogens is 1. The van der Waals surface area contributed by atoms with Crippen molar-refractivity contribution in [1.29, 1.82) is 0 Å². The van der Waals surface area contributed by atoms with Crippen LogP contribution >= 0.6 is 0 Å². The molecular weight excluding hydrogens is 416 g/mol. The minimum Gasteiger partial charge on any atom is -0.462 e. The molecule has 1 amide bonds. The van der Waals surface area contributed by atoms with E-state index in [-0.39, 0.29) is 12.3 Å². The van der Waals surface area contributed by atoms with Gasteiger partial charge in [-0.3, -0.25) is 4.79 Å². The lowest BCUT2D eigenvalue weighted by Crippen LogP contribution is -2.34. The van der Waals surface area contributed by atoms with Crippen LogP contribution in [0.5, 0.6) is 11.5 Å². The minimum atomic E-state index is -0.731. The summed E-state index contributed by atoms with van der Waals surface area (Å²) in [5.74, 6) is -1.08. The topological polar surface area (TPSA) is 116 Å². The highest BCUT2D eigenvalue weighted by Gasteiger charge is 2.44. The smallest absolute Gasteiger partial charge is 0.355 e. The van der Waals surface area contributed by atoms with Crippen molar-refractivity contribution in [3.8, 4) is 11.5 Å². The number of H-pyrrole nitrogens is 1. The fraction of sp³-hybridized carbons (Fsp3) is 0.435. The number of ether oxygens (including phenoxy) is 4. The third-order valence-electron chi connectivity index (χ3n) is 5.64. The molecule has 2 aromatic rings. The Morgan fingerprint density at radius 2 is 1.78 bits per heavy atom. The van der Waals surface area contributed by atoms with Crippen LogP contribution in [0.3, 0.4) is 0 Å². The molecule has 0 unspecified atom stereocenters. The number of esters is 2. The van der Waals surface area contributed by atoms with E-state index in [9.17, 15) is 14.4 Å². The molecule has 4 rings (SSSR count). The zero-order valence-electron chi connectivity index (χ0n) is 18.3. The Bertz CT molecular complexity index is 1070. The summed E-state index contributed by atoms with van der Waals surface area (Å²) in [4.78, 5) is 39.7. The SMILES string of the molecule is CCOC(=O)c1c(C)[nH]c(C(=O)OCC(=O)Nc2ccc3c(c2)OC2(CCCC2)O3)c1C. The van der Waals surface area contributed by atoms with Crippen LogP contribution in [0.4, 0.5) is 5.69 Å². The Labute approximate surface area is 185 Å². The molecule has 2 aliphatic rings. The number of anilines is 1. The number of aromatic amines is 1. The van der Waals surface area contributed by atoms with E-state index in [0.717, 1.165) is 25.7 Å². The van der Waals surface area contributed by atoms with E-state index in [1.165, 1.54) is 0 Å². The highest BCUT2D eigenvalue weighted by Crippen LogP contribution is 2.47. The highest BCUT2D eigenvalue weighted by molar-refractivity contribution is 5.99. The van der Waals surface area contributed by atoms with Crippen LogP contribution in [-0.2, 0) is 14.3 Å². The number of hydrogen-bond acceptors (Lipinski definition) is 7. The molecule has 2 heterocycles. The van der Waals surface area contributed by atoms with Crippen molar-refractivity contribution in [1.82, 2.24) is 4.98 Å². The van der Waals surface area contributed by atoms with Gasteiger partial charge in [0.1, 0.15) is 5.69 Å². The number of carbonyl (C=O) groups is 3. The number of amides is 1. The summed E-state index contributed by atoms with van der Waals surface area (Å²) in [7, 11) is 0. The number of hydrogen-bond donors (Lipinski definition) is 2. The first-order valence-electron chi connectivity index (χ1n) is 10.7. The Balaban J connectivity index is 1.35. The summed E-state index contributed by atoms with van der Waals surface area (Å²) < 4.78 is 22.1. The van der Waals surface area contributed by atoms with Crippen molar-refractivity contribution in [2.75, 3.05) is 18.5 Å². The van der Waals surface area contributed by atoms with Gasteiger partial charge in [-0.2, -0.15) is 0 Å². The average Bonchev–Trinajstić information content (AvgIpc) is 3.43. The lowest BCUT2D eigenvalue weighted by molar-refractivity contribution is -0.119. The van der Waals surface area contributed by atoms with Gasteiger partial charge in [0.05, 0.1) is 12.2 Å². The molecule has 0 radical (unpaired) electrons. The summed E-state index contributed by atoms with van der Waals surface area (Å²) in [5, 5.41) is 2.69. The van der Waals surface area contributed by atoms with E-state index in [4.69, 9.17) is 18.9 Å². The second-order valence-corrected chi connectivity index (χ2v) is 7.95. The zero-order valence-corrected chi connectivity index (χ0v) is 18.3. The molecule has 1 spiro atoms. The molecule has 1 aliphatic carbocycles. The normalized spacial score (nSPS) is 15.6. The van der Waals surface area contributed by atoms with Crippen LogP contribution in [-0.4, -0.2) is 41.8 Å².